The second-order valence-corrected chi connectivity index (χ2v) is 3.45. The van der Waals surface area contributed by atoms with Gasteiger partial charge < -0.3 is 4.74 Å². The van der Waals surface area contributed by atoms with Crippen LogP contribution in [-0.2, 0) is 0 Å². The molecule has 0 aliphatic heterocycles. The number of aromatic nitrogens is 3. The highest BCUT2D eigenvalue weighted by molar-refractivity contribution is 5.57. The van der Waals surface area contributed by atoms with Crippen molar-refractivity contribution in [3.05, 3.63) is 36.7 Å². The van der Waals surface area contributed by atoms with Crippen LogP contribution in [0.3, 0.4) is 0 Å². The van der Waals surface area contributed by atoms with Crippen LogP contribution in [0.4, 0.5) is 17.6 Å². The Morgan fingerprint density at radius 1 is 1.21 bits per heavy atom. The zero-order valence-electron chi connectivity index (χ0n) is 9.28. The van der Waals surface area contributed by atoms with Crippen molar-refractivity contribution in [3.63, 3.8) is 0 Å². The maximum absolute atomic E-state index is 13.5. The maximum Gasteiger partial charge on any atom is 0.422 e. The van der Waals surface area contributed by atoms with E-state index in [4.69, 9.17) is 0 Å². The summed E-state index contributed by atoms with van der Waals surface area (Å²) in [5, 5.41) is 0. The summed E-state index contributed by atoms with van der Waals surface area (Å²) in [4.78, 5) is 11.0. The van der Waals surface area contributed by atoms with Gasteiger partial charge in [0.2, 0.25) is 0 Å². The van der Waals surface area contributed by atoms with E-state index < -0.39 is 24.5 Å². The van der Waals surface area contributed by atoms with Crippen molar-refractivity contribution in [1.82, 2.24) is 15.0 Å². The minimum absolute atomic E-state index is 0.276. The van der Waals surface area contributed by atoms with Crippen LogP contribution in [0.2, 0.25) is 0 Å². The van der Waals surface area contributed by atoms with Crippen molar-refractivity contribution in [3.8, 4) is 17.1 Å². The van der Waals surface area contributed by atoms with E-state index in [1.807, 2.05) is 0 Å². The van der Waals surface area contributed by atoms with Gasteiger partial charge in [0, 0.05) is 11.8 Å². The summed E-state index contributed by atoms with van der Waals surface area (Å²) in [6.45, 7) is -1.60. The van der Waals surface area contributed by atoms with E-state index in [1.165, 1.54) is 12.4 Å². The van der Waals surface area contributed by atoms with Crippen molar-refractivity contribution in [2.45, 2.75) is 6.18 Å². The lowest BCUT2D eigenvalue weighted by Gasteiger charge is -2.09. The molecule has 0 N–H and O–H groups in total. The minimum atomic E-state index is -4.55. The van der Waals surface area contributed by atoms with Crippen LogP contribution in [0.15, 0.2) is 24.7 Å². The Hall–Kier alpha value is -2.25. The molecular formula is C11H6F4N3O. The van der Waals surface area contributed by atoms with Crippen LogP contribution in [0, 0.1) is 12.0 Å². The van der Waals surface area contributed by atoms with Gasteiger partial charge in [-0.15, -0.1) is 0 Å². The summed E-state index contributed by atoms with van der Waals surface area (Å²) in [5.74, 6) is -1.71. The van der Waals surface area contributed by atoms with Gasteiger partial charge in [-0.1, -0.05) is 0 Å². The van der Waals surface area contributed by atoms with Crippen LogP contribution >= 0.6 is 0 Å². The summed E-state index contributed by atoms with van der Waals surface area (Å²) in [5.41, 5.74) is 0.603. The van der Waals surface area contributed by atoms with Gasteiger partial charge in [-0.3, -0.25) is 9.97 Å². The number of alkyl halides is 3. The van der Waals surface area contributed by atoms with E-state index in [0.29, 0.717) is 5.69 Å². The highest BCUT2D eigenvalue weighted by atomic mass is 19.4. The zero-order valence-corrected chi connectivity index (χ0v) is 9.28. The predicted octanol–water partition coefficient (Wildman–Crippen LogP) is 2.42. The largest absolute Gasteiger partial charge is 0.466 e. The van der Waals surface area contributed by atoms with Gasteiger partial charge >= 0.3 is 6.18 Å². The molecule has 0 spiro atoms. The molecular weight excluding hydrogens is 266 g/mol. The summed E-state index contributed by atoms with van der Waals surface area (Å²) >= 11 is 0. The Kier molecular flexibility index (Phi) is 3.59. The molecule has 0 saturated carbocycles. The average Bonchev–Trinajstić information content (AvgIpc) is 2.37. The third-order valence-corrected chi connectivity index (χ3v) is 2.00. The number of ether oxygens (including phenoxy) is 1. The molecule has 2 aromatic heterocycles. The monoisotopic (exact) mass is 272 g/mol. The van der Waals surface area contributed by atoms with E-state index in [1.54, 1.807) is 0 Å². The van der Waals surface area contributed by atoms with Gasteiger partial charge in [-0.25, -0.2) is 9.37 Å². The zero-order chi connectivity index (χ0) is 13.9. The first-order valence-electron chi connectivity index (χ1n) is 4.99. The van der Waals surface area contributed by atoms with Gasteiger partial charge in [0.05, 0.1) is 18.1 Å². The maximum atomic E-state index is 13.5. The van der Waals surface area contributed by atoms with Gasteiger partial charge in [0.15, 0.2) is 12.4 Å². The van der Waals surface area contributed by atoms with E-state index in [-0.39, 0.29) is 5.56 Å². The van der Waals surface area contributed by atoms with Gasteiger partial charge in [0.1, 0.15) is 6.20 Å². The topological polar surface area (TPSA) is 47.9 Å². The predicted molar refractivity (Wildman–Crippen MR) is 55.6 cm³/mol. The molecule has 2 heterocycles. The number of halogens is 4. The molecule has 2 rings (SSSR count). The average molecular weight is 272 g/mol. The lowest BCUT2D eigenvalue weighted by atomic mass is 10.2. The fourth-order valence-electron chi connectivity index (χ4n) is 1.23. The van der Waals surface area contributed by atoms with Crippen molar-refractivity contribution in [2.24, 2.45) is 0 Å². The van der Waals surface area contributed by atoms with Crippen molar-refractivity contribution in [1.29, 1.82) is 0 Å². The fourth-order valence-corrected chi connectivity index (χ4v) is 1.23. The Labute approximate surface area is 105 Å². The Morgan fingerprint density at radius 2 is 2.00 bits per heavy atom. The first-order chi connectivity index (χ1) is 8.96. The molecule has 0 saturated heterocycles. The van der Waals surface area contributed by atoms with E-state index >= 15 is 0 Å². The lowest BCUT2D eigenvalue weighted by Crippen LogP contribution is -2.20. The molecule has 19 heavy (non-hydrogen) atoms. The highest BCUT2D eigenvalue weighted by Crippen LogP contribution is 2.23. The lowest BCUT2D eigenvalue weighted by molar-refractivity contribution is -0.154. The molecule has 0 aliphatic carbocycles. The molecule has 0 atom stereocenters. The molecule has 0 bridgehead atoms. The number of hydrogen-bond donors (Lipinski definition) is 0. The first kappa shape index (κ1) is 13.2. The van der Waals surface area contributed by atoms with Crippen molar-refractivity contribution in [2.75, 3.05) is 6.61 Å². The molecule has 0 fully saturated rings. The van der Waals surface area contributed by atoms with Gasteiger partial charge in [-0.2, -0.15) is 13.2 Å². The molecule has 0 aliphatic rings. The van der Waals surface area contributed by atoms with E-state index in [9.17, 15) is 17.6 Å². The number of nitrogens with zero attached hydrogens (tertiary/aromatic N) is 3. The summed E-state index contributed by atoms with van der Waals surface area (Å²) in [6, 6.07) is 0.975. The smallest absolute Gasteiger partial charge is 0.422 e. The summed E-state index contributed by atoms with van der Waals surface area (Å²) in [6.07, 6.45) is 1.65. The Balaban J connectivity index is 2.18. The van der Waals surface area contributed by atoms with Crippen molar-refractivity contribution >= 4 is 0 Å². The van der Waals surface area contributed by atoms with E-state index in [0.717, 1.165) is 12.3 Å². The molecule has 0 amide bonds. The third kappa shape index (κ3) is 3.60. The highest BCUT2D eigenvalue weighted by Gasteiger charge is 2.29. The first-order valence-corrected chi connectivity index (χ1v) is 4.99. The Bertz CT molecular complexity index is 560. The van der Waals surface area contributed by atoms with Gasteiger partial charge in [0.25, 0.3) is 5.88 Å². The molecule has 1 radical (unpaired) electrons. The second kappa shape index (κ2) is 5.17. The van der Waals surface area contributed by atoms with Crippen LogP contribution in [0.25, 0.3) is 11.3 Å². The third-order valence-electron chi connectivity index (χ3n) is 2.00. The second-order valence-electron chi connectivity index (χ2n) is 3.45. The Morgan fingerprint density at radius 3 is 2.58 bits per heavy atom. The van der Waals surface area contributed by atoms with E-state index in [2.05, 4.69) is 25.9 Å². The number of hydrogen-bond acceptors (Lipinski definition) is 4. The summed E-state index contributed by atoms with van der Waals surface area (Å²) in [7, 11) is 0. The van der Waals surface area contributed by atoms with Crippen LogP contribution < -0.4 is 4.74 Å². The molecule has 2 aromatic rings. The standard InChI is InChI=1S/C11H6F4N3O/c12-8-3-7(9-5-16-1-2-17-9)4-18-10(8)19-6-11(13,14)15/h2-5H,6H2. The number of rotatable bonds is 3. The van der Waals surface area contributed by atoms with Crippen LogP contribution in [0.5, 0.6) is 5.88 Å². The molecule has 4 nitrogen and oxygen atoms in total. The number of pyridine rings is 1. The van der Waals surface area contributed by atoms with Gasteiger partial charge in [-0.05, 0) is 6.07 Å². The quantitative estimate of drug-likeness (QED) is 0.805. The van der Waals surface area contributed by atoms with Crippen molar-refractivity contribution < 1.29 is 22.3 Å². The molecule has 99 valence electrons. The van der Waals surface area contributed by atoms with Crippen LogP contribution in [0.1, 0.15) is 0 Å². The SMILES string of the molecule is Fc1cc(-c2cn[c]cn2)cnc1OCC(F)(F)F. The fraction of sp³-hybridized carbons (Fsp3) is 0.182. The van der Waals surface area contributed by atoms with Crippen LogP contribution in [-0.4, -0.2) is 27.7 Å². The molecule has 0 aromatic carbocycles. The molecule has 8 heteroatoms. The normalized spacial score (nSPS) is 11.4. The summed E-state index contributed by atoms with van der Waals surface area (Å²) < 4.78 is 53.5. The molecule has 0 unspecified atom stereocenters. The minimum Gasteiger partial charge on any atom is -0.466 e.